The molecule has 2 aromatic carbocycles. The molecule has 1 aliphatic rings. The van der Waals surface area contributed by atoms with Gasteiger partial charge in [-0.2, -0.15) is 0 Å². The minimum atomic E-state index is -0.561. The number of ether oxygens (including phenoxy) is 1. The zero-order valence-corrected chi connectivity index (χ0v) is 17.5. The molecular weight excluding hydrogens is 380 g/mol. The van der Waals surface area contributed by atoms with Crippen LogP contribution in [0.15, 0.2) is 48.5 Å². The highest BCUT2D eigenvalue weighted by Gasteiger charge is 2.21. The van der Waals surface area contributed by atoms with Crippen LogP contribution in [0.1, 0.15) is 54.1 Å². The molecule has 1 saturated heterocycles. The van der Waals surface area contributed by atoms with E-state index in [-0.39, 0.29) is 18.4 Å². The van der Waals surface area contributed by atoms with Gasteiger partial charge in [0.25, 0.3) is 5.91 Å². The van der Waals surface area contributed by atoms with Crippen LogP contribution in [-0.4, -0.2) is 37.5 Å². The van der Waals surface area contributed by atoms with Crippen molar-refractivity contribution < 1.29 is 19.1 Å². The molecule has 0 unspecified atom stereocenters. The molecule has 0 aromatic heterocycles. The Balaban J connectivity index is 1.39. The molecule has 1 heterocycles. The van der Waals surface area contributed by atoms with Gasteiger partial charge in [0.15, 0.2) is 6.61 Å². The Morgan fingerprint density at radius 1 is 1.07 bits per heavy atom. The van der Waals surface area contributed by atoms with E-state index in [1.54, 1.807) is 29.2 Å². The minimum Gasteiger partial charge on any atom is -0.452 e. The van der Waals surface area contributed by atoms with Crippen molar-refractivity contribution in [3.05, 3.63) is 65.2 Å². The van der Waals surface area contributed by atoms with Gasteiger partial charge in [-0.25, -0.2) is 4.79 Å². The first-order valence-corrected chi connectivity index (χ1v) is 10.4. The van der Waals surface area contributed by atoms with Crippen LogP contribution in [0.3, 0.4) is 0 Å². The van der Waals surface area contributed by atoms with Gasteiger partial charge in [-0.1, -0.05) is 38.1 Å². The van der Waals surface area contributed by atoms with Gasteiger partial charge in [-0.3, -0.25) is 9.59 Å². The van der Waals surface area contributed by atoms with E-state index in [1.165, 1.54) is 5.56 Å². The first-order chi connectivity index (χ1) is 14.4. The summed E-state index contributed by atoms with van der Waals surface area (Å²) in [5, 5.41) is 2.77. The summed E-state index contributed by atoms with van der Waals surface area (Å²) in [6.07, 6.45) is 2.12. The number of amides is 2. The minimum absolute atomic E-state index is 0.0952. The molecule has 0 bridgehead atoms. The number of hydrogen-bond donors (Lipinski definition) is 1. The third-order valence-corrected chi connectivity index (χ3v) is 5.20. The molecule has 0 atom stereocenters. The van der Waals surface area contributed by atoms with Gasteiger partial charge in [0, 0.05) is 25.2 Å². The summed E-state index contributed by atoms with van der Waals surface area (Å²) in [6, 6.07) is 15.0. The highest BCUT2D eigenvalue weighted by molar-refractivity contribution is 5.96. The van der Waals surface area contributed by atoms with Crippen molar-refractivity contribution in [2.45, 2.75) is 39.0 Å². The largest absolute Gasteiger partial charge is 0.452 e. The van der Waals surface area contributed by atoms with Gasteiger partial charge in [-0.05, 0) is 54.2 Å². The molecule has 0 aliphatic carbocycles. The second-order valence-corrected chi connectivity index (χ2v) is 7.77. The standard InChI is InChI=1S/C24H28N2O4/c1-17(2)19-7-5-18(6-8-19)13-14-25-22(27)16-30-24(29)20-9-11-21(12-10-20)26-15-3-4-23(26)28/h5-12,17H,3-4,13-16H2,1-2H3,(H,25,27). The van der Waals surface area contributed by atoms with E-state index >= 15 is 0 Å². The van der Waals surface area contributed by atoms with Crippen molar-refractivity contribution >= 4 is 23.5 Å². The van der Waals surface area contributed by atoms with Crippen LogP contribution in [0, 0.1) is 0 Å². The Morgan fingerprint density at radius 3 is 2.37 bits per heavy atom. The normalized spacial score (nSPS) is 13.6. The number of hydrogen-bond acceptors (Lipinski definition) is 4. The summed E-state index contributed by atoms with van der Waals surface area (Å²) in [5.41, 5.74) is 3.56. The summed E-state index contributed by atoms with van der Waals surface area (Å²) in [6.45, 7) is 5.16. The number of carbonyl (C=O) groups is 3. The molecule has 6 heteroatoms. The average Bonchev–Trinajstić information content (AvgIpc) is 3.18. The number of nitrogens with zero attached hydrogens (tertiary/aromatic N) is 1. The predicted molar refractivity (Wildman–Crippen MR) is 116 cm³/mol. The van der Waals surface area contributed by atoms with Gasteiger partial charge >= 0.3 is 5.97 Å². The SMILES string of the molecule is CC(C)c1ccc(CCNC(=O)COC(=O)c2ccc(N3CCCC3=O)cc2)cc1. The molecule has 1 N–H and O–H groups in total. The summed E-state index contributed by atoms with van der Waals surface area (Å²) < 4.78 is 5.09. The Morgan fingerprint density at radius 2 is 1.77 bits per heavy atom. The molecule has 2 aromatic rings. The van der Waals surface area contributed by atoms with Crippen molar-refractivity contribution in [1.82, 2.24) is 5.32 Å². The lowest BCUT2D eigenvalue weighted by Crippen LogP contribution is -2.30. The molecular formula is C24H28N2O4. The maximum absolute atomic E-state index is 12.1. The van der Waals surface area contributed by atoms with Gasteiger partial charge in [0.2, 0.25) is 5.91 Å². The van der Waals surface area contributed by atoms with E-state index in [4.69, 9.17) is 4.74 Å². The number of anilines is 1. The van der Waals surface area contributed by atoms with E-state index in [2.05, 4.69) is 43.4 Å². The van der Waals surface area contributed by atoms with E-state index < -0.39 is 5.97 Å². The van der Waals surface area contributed by atoms with Gasteiger partial charge < -0.3 is 15.0 Å². The second-order valence-electron chi connectivity index (χ2n) is 7.77. The van der Waals surface area contributed by atoms with E-state index in [1.807, 2.05) is 0 Å². The number of nitrogens with one attached hydrogen (secondary N) is 1. The number of rotatable bonds is 8. The lowest BCUT2D eigenvalue weighted by Gasteiger charge is -2.15. The van der Waals surface area contributed by atoms with E-state index in [0.717, 1.165) is 24.1 Å². The first kappa shape index (κ1) is 21.6. The maximum atomic E-state index is 12.1. The van der Waals surface area contributed by atoms with Crippen LogP contribution in [0.4, 0.5) is 5.69 Å². The van der Waals surface area contributed by atoms with Crippen molar-refractivity contribution in [3.8, 4) is 0 Å². The van der Waals surface area contributed by atoms with Crippen molar-refractivity contribution in [2.24, 2.45) is 0 Å². The van der Waals surface area contributed by atoms with Crippen LogP contribution >= 0.6 is 0 Å². The maximum Gasteiger partial charge on any atom is 0.338 e. The summed E-state index contributed by atoms with van der Waals surface area (Å²) in [4.78, 5) is 37.6. The molecule has 30 heavy (non-hydrogen) atoms. The third kappa shape index (κ3) is 5.69. The summed E-state index contributed by atoms with van der Waals surface area (Å²) in [7, 11) is 0. The average molecular weight is 408 g/mol. The molecule has 1 aliphatic heterocycles. The summed E-state index contributed by atoms with van der Waals surface area (Å²) >= 11 is 0. The monoisotopic (exact) mass is 408 g/mol. The lowest BCUT2D eigenvalue weighted by atomic mass is 10.0. The van der Waals surface area contributed by atoms with Crippen molar-refractivity contribution in [3.63, 3.8) is 0 Å². The quantitative estimate of drug-likeness (QED) is 0.679. The molecule has 6 nitrogen and oxygen atoms in total. The van der Waals surface area contributed by atoms with Crippen LogP contribution in [-0.2, 0) is 20.7 Å². The van der Waals surface area contributed by atoms with Crippen molar-refractivity contribution in [1.29, 1.82) is 0 Å². The topological polar surface area (TPSA) is 75.7 Å². The molecule has 3 rings (SSSR count). The fourth-order valence-electron chi connectivity index (χ4n) is 3.38. The Labute approximate surface area is 177 Å². The van der Waals surface area contributed by atoms with E-state index in [9.17, 15) is 14.4 Å². The van der Waals surface area contributed by atoms with E-state index in [0.29, 0.717) is 31.0 Å². The Bertz CT molecular complexity index is 888. The van der Waals surface area contributed by atoms with Gasteiger partial charge in [0.1, 0.15) is 0 Å². The molecule has 0 spiro atoms. The number of esters is 1. The van der Waals surface area contributed by atoms with Crippen LogP contribution in [0.5, 0.6) is 0 Å². The first-order valence-electron chi connectivity index (χ1n) is 10.4. The molecule has 0 radical (unpaired) electrons. The number of benzene rings is 2. The van der Waals surface area contributed by atoms with Crippen LogP contribution in [0.25, 0.3) is 0 Å². The summed E-state index contributed by atoms with van der Waals surface area (Å²) in [5.74, 6) is -0.305. The van der Waals surface area contributed by atoms with Crippen LogP contribution in [0.2, 0.25) is 0 Å². The van der Waals surface area contributed by atoms with Gasteiger partial charge in [0.05, 0.1) is 5.56 Å². The molecule has 158 valence electrons. The third-order valence-electron chi connectivity index (χ3n) is 5.20. The smallest absolute Gasteiger partial charge is 0.338 e. The number of carbonyl (C=O) groups excluding carboxylic acids is 3. The fraction of sp³-hybridized carbons (Fsp3) is 0.375. The zero-order chi connectivity index (χ0) is 21.5. The highest BCUT2D eigenvalue weighted by Crippen LogP contribution is 2.21. The van der Waals surface area contributed by atoms with Gasteiger partial charge in [-0.15, -0.1) is 0 Å². The lowest BCUT2D eigenvalue weighted by molar-refractivity contribution is -0.124. The predicted octanol–water partition coefficient (Wildman–Crippen LogP) is 3.45. The molecule has 2 amide bonds. The van der Waals surface area contributed by atoms with Crippen LogP contribution < -0.4 is 10.2 Å². The Kier molecular flexibility index (Phi) is 7.22. The fourth-order valence-corrected chi connectivity index (χ4v) is 3.38. The zero-order valence-electron chi connectivity index (χ0n) is 17.5. The second kappa shape index (κ2) is 10.1. The molecule has 1 fully saturated rings. The molecule has 0 saturated carbocycles. The highest BCUT2D eigenvalue weighted by atomic mass is 16.5. The Hall–Kier alpha value is -3.15. The van der Waals surface area contributed by atoms with Crippen molar-refractivity contribution in [2.75, 3.05) is 24.6 Å².